The normalized spacial score (nSPS) is 20.9. The van der Waals surface area contributed by atoms with Gasteiger partial charge in [-0.25, -0.2) is 0 Å². The lowest BCUT2D eigenvalue weighted by Gasteiger charge is -2.38. The van der Waals surface area contributed by atoms with Crippen LogP contribution < -0.4 is 5.56 Å². The molecule has 1 aliphatic carbocycles. The number of nitrogens with zero attached hydrogens (tertiary/aromatic N) is 3. The molecule has 0 unspecified atom stereocenters. The van der Waals surface area contributed by atoms with Crippen molar-refractivity contribution in [1.82, 2.24) is 14.4 Å². The highest BCUT2D eigenvalue weighted by atomic mass is 16.2. The number of rotatable bonds is 2. The van der Waals surface area contributed by atoms with Gasteiger partial charge < -0.3 is 9.47 Å². The standard InChI is InChI=1S/C16H23N3O2/c1-17-7-6-13(12-15(17)20)16(21)19-10-8-18(9-11-19)14-4-2-3-5-14/h6-7,12,14H,2-5,8-11H2,1H3. The van der Waals surface area contributed by atoms with Crippen molar-refractivity contribution in [2.24, 2.45) is 7.05 Å². The third-order valence-corrected chi connectivity index (χ3v) is 4.79. The Morgan fingerprint density at radius 3 is 2.43 bits per heavy atom. The SMILES string of the molecule is Cn1ccc(C(=O)N2CCN(C3CCCC3)CC2)cc1=O. The number of hydrogen-bond acceptors (Lipinski definition) is 3. The van der Waals surface area contributed by atoms with Crippen LogP contribution in [-0.4, -0.2) is 52.5 Å². The summed E-state index contributed by atoms with van der Waals surface area (Å²) in [6.07, 6.45) is 6.96. The van der Waals surface area contributed by atoms with Gasteiger partial charge in [-0.1, -0.05) is 12.8 Å². The van der Waals surface area contributed by atoms with Gasteiger partial charge in [0.1, 0.15) is 0 Å². The van der Waals surface area contributed by atoms with Crippen LogP contribution in [-0.2, 0) is 7.05 Å². The molecule has 0 atom stereocenters. The number of pyridine rings is 1. The van der Waals surface area contributed by atoms with Crippen LogP contribution in [0.15, 0.2) is 23.1 Å². The summed E-state index contributed by atoms with van der Waals surface area (Å²) in [5.74, 6) is -0.0150. The van der Waals surface area contributed by atoms with E-state index in [1.165, 1.54) is 36.3 Å². The average Bonchev–Trinajstić information content (AvgIpc) is 3.04. The average molecular weight is 289 g/mol. The second-order valence-electron chi connectivity index (χ2n) is 6.13. The lowest BCUT2D eigenvalue weighted by Crippen LogP contribution is -2.51. The van der Waals surface area contributed by atoms with E-state index in [1.54, 1.807) is 19.3 Å². The highest BCUT2D eigenvalue weighted by molar-refractivity contribution is 5.94. The minimum absolute atomic E-state index is 0.0150. The van der Waals surface area contributed by atoms with E-state index in [9.17, 15) is 9.59 Å². The van der Waals surface area contributed by atoms with Crippen LogP contribution in [0, 0.1) is 0 Å². The first-order chi connectivity index (χ1) is 10.1. The molecule has 0 aromatic carbocycles. The van der Waals surface area contributed by atoms with Crippen molar-refractivity contribution in [3.63, 3.8) is 0 Å². The highest BCUT2D eigenvalue weighted by Crippen LogP contribution is 2.24. The van der Waals surface area contributed by atoms with E-state index in [-0.39, 0.29) is 11.5 Å². The van der Waals surface area contributed by atoms with Crippen molar-refractivity contribution in [2.45, 2.75) is 31.7 Å². The maximum atomic E-state index is 12.5. The molecular weight excluding hydrogens is 266 g/mol. The fraction of sp³-hybridized carbons (Fsp3) is 0.625. The molecule has 2 heterocycles. The van der Waals surface area contributed by atoms with Crippen molar-refractivity contribution < 1.29 is 4.79 Å². The number of aryl methyl sites for hydroxylation is 1. The number of amides is 1. The van der Waals surface area contributed by atoms with Crippen LogP contribution in [0.5, 0.6) is 0 Å². The molecule has 1 amide bonds. The summed E-state index contributed by atoms with van der Waals surface area (Å²) in [4.78, 5) is 28.5. The Bertz CT molecular complexity index is 567. The van der Waals surface area contributed by atoms with Crippen LogP contribution in [0.3, 0.4) is 0 Å². The Hall–Kier alpha value is -1.62. The van der Waals surface area contributed by atoms with E-state index in [0.29, 0.717) is 5.56 Å². The summed E-state index contributed by atoms with van der Waals surface area (Å²) in [5, 5.41) is 0. The molecule has 1 saturated carbocycles. The van der Waals surface area contributed by atoms with Gasteiger partial charge in [0.2, 0.25) is 0 Å². The Labute approximate surface area is 125 Å². The van der Waals surface area contributed by atoms with Crippen LogP contribution >= 0.6 is 0 Å². The van der Waals surface area contributed by atoms with E-state index in [4.69, 9.17) is 0 Å². The monoisotopic (exact) mass is 289 g/mol. The molecule has 2 aliphatic rings. The molecule has 1 aromatic heterocycles. The second kappa shape index (κ2) is 6.02. The molecule has 1 aliphatic heterocycles. The molecule has 0 radical (unpaired) electrons. The van der Waals surface area contributed by atoms with Gasteiger partial charge in [-0.2, -0.15) is 0 Å². The number of aromatic nitrogens is 1. The topological polar surface area (TPSA) is 45.6 Å². The smallest absolute Gasteiger partial charge is 0.254 e. The van der Waals surface area contributed by atoms with Crippen molar-refractivity contribution in [3.05, 3.63) is 34.2 Å². The molecule has 114 valence electrons. The largest absolute Gasteiger partial charge is 0.336 e. The first-order valence-electron chi connectivity index (χ1n) is 7.85. The lowest BCUT2D eigenvalue weighted by atomic mass is 10.1. The van der Waals surface area contributed by atoms with Gasteiger partial charge in [-0.15, -0.1) is 0 Å². The maximum Gasteiger partial charge on any atom is 0.254 e. The van der Waals surface area contributed by atoms with Crippen LogP contribution in [0.4, 0.5) is 0 Å². The summed E-state index contributed by atoms with van der Waals surface area (Å²) in [5.41, 5.74) is 0.373. The van der Waals surface area contributed by atoms with E-state index in [0.717, 1.165) is 32.2 Å². The molecule has 2 fully saturated rings. The van der Waals surface area contributed by atoms with E-state index >= 15 is 0 Å². The van der Waals surface area contributed by atoms with Gasteiger partial charge in [0.15, 0.2) is 0 Å². The lowest BCUT2D eigenvalue weighted by molar-refractivity contribution is 0.0573. The van der Waals surface area contributed by atoms with E-state index < -0.39 is 0 Å². The van der Waals surface area contributed by atoms with Crippen LogP contribution in [0.1, 0.15) is 36.0 Å². The Kier molecular flexibility index (Phi) is 4.10. The summed E-state index contributed by atoms with van der Waals surface area (Å²) in [6.45, 7) is 3.46. The van der Waals surface area contributed by atoms with Gasteiger partial charge in [0.05, 0.1) is 0 Å². The molecule has 0 N–H and O–H groups in total. The van der Waals surface area contributed by atoms with Gasteiger partial charge >= 0.3 is 0 Å². The van der Waals surface area contributed by atoms with Gasteiger partial charge in [0, 0.05) is 57.1 Å². The summed E-state index contributed by atoms with van der Waals surface area (Å²) in [6, 6.07) is 3.89. The minimum Gasteiger partial charge on any atom is -0.336 e. The quantitative estimate of drug-likeness (QED) is 0.818. The Morgan fingerprint density at radius 1 is 1.14 bits per heavy atom. The summed E-state index contributed by atoms with van der Waals surface area (Å²) >= 11 is 0. The van der Waals surface area contributed by atoms with Crippen molar-refractivity contribution in [3.8, 4) is 0 Å². The summed E-state index contributed by atoms with van der Waals surface area (Å²) in [7, 11) is 1.69. The Balaban J connectivity index is 1.61. The van der Waals surface area contributed by atoms with E-state index in [1.807, 2.05) is 4.90 Å². The first kappa shape index (κ1) is 14.3. The van der Waals surface area contributed by atoms with Crippen LogP contribution in [0.25, 0.3) is 0 Å². The molecule has 0 bridgehead atoms. The minimum atomic E-state index is -0.134. The van der Waals surface area contributed by atoms with E-state index in [2.05, 4.69) is 4.90 Å². The molecule has 5 nitrogen and oxygen atoms in total. The molecule has 1 saturated heterocycles. The summed E-state index contributed by atoms with van der Waals surface area (Å²) < 4.78 is 1.48. The van der Waals surface area contributed by atoms with Gasteiger partial charge in [-0.3, -0.25) is 14.5 Å². The molecule has 21 heavy (non-hydrogen) atoms. The van der Waals surface area contributed by atoms with Crippen LogP contribution in [0.2, 0.25) is 0 Å². The maximum absolute atomic E-state index is 12.5. The van der Waals surface area contributed by atoms with Gasteiger partial charge in [-0.05, 0) is 18.9 Å². The van der Waals surface area contributed by atoms with Crippen molar-refractivity contribution in [2.75, 3.05) is 26.2 Å². The number of carbonyl (C=O) groups excluding carboxylic acids is 1. The zero-order chi connectivity index (χ0) is 14.8. The molecule has 1 aromatic rings. The Morgan fingerprint density at radius 2 is 1.81 bits per heavy atom. The van der Waals surface area contributed by atoms with Crippen molar-refractivity contribution in [1.29, 1.82) is 0 Å². The second-order valence-corrected chi connectivity index (χ2v) is 6.13. The zero-order valence-electron chi connectivity index (χ0n) is 12.6. The third kappa shape index (κ3) is 3.02. The fourth-order valence-corrected chi connectivity index (χ4v) is 3.42. The highest BCUT2D eigenvalue weighted by Gasteiger charge is 2.28. The predicted octanol–water partition coefficient (Wildman–Crippen LogP) is 1.09. The number of hydrogen-bond donors (Lipinski definition) is 0. The van der Waals surface area contributed by atoms with Crippen molar-refractivity contribution >= 4 is 5.91 Å². The zero-order valence-corrected chi connectivity index (χ0v) is 12.6. The number of piperazine rings is 1. The fourth-order valence-electron chi connectivity index (χ4n) is 3.42. The number of carbonyl (C=O) groups is 1. The third-order valence-electron chi connectivity index (χ3n) is 4.79. The van der Waals surface area contributed by atoms with Gasteiger partial charge in [0.25, 0.3) is 11.5 Å². The molecule has 0 spiro atoms. The first-order valence-corrected chi connectivity index (χ1v) is 7.85. The molecule has 5 heteroatoms. The molecule has 3 rings (SSSR count). The molecular formula is C16H23N3O2. The predicted molar refractivity (Wildman–Crippen MR) is 81.4 cm³/mol.